The van der Waals surface area contributed by atoms with E-state index >= 15 is 0 Å². The summed E-state index contributed by atoms with van der Waals surface area (Å²) in [7, 11) is 0. The fraction of sp³-hybridized carbons (Fsp3) is 0.786. The lowest BCUT2D eigenvalue weighted by molar-refractivity contribution is -0.156. The molecule has 1 amide bonds. The second kappa shape index (κ2) is 12.8. The first-order chi connectivity index (χ1) is 16.2. The molecular weight excluding hydrogens is 428 g/mol. The van der Waals surface area contributed by atoms with E-state index in [1.807, 2.05) is 0 Å². The van der Waals surface area contributed by atoms with Crippen LogP contribution in [-0.2, 0) is 14.3 Å². The third-order valence-electron chi connectivity index (χ3n) is 7.85. The van der Waals surface area contributed by atoms with Gasteiger partial charge in [0, 0.05) is 25.7 Å². The van der Waals surface area contributed by atoms with Crippen LogP contribution >= 0.6 is 0 Å². The van der Waals surface area contributed by atoms with Crippen molar-refractivity contribution in [1.29, 1.82) is 0 Å². The van der Waals surface area contributed by atoms with Crippen molar-refractivity contribution < 1.29 is 19.1 Å². The largest absolute Gasteiger partial charge is 0.428 e. The zero-order valence-electron chi connectivity index (χ0n) is 22.0. The van der Waals surface area contributed by atoms with Crippen molar-refractivity contribution in [2.75, 3.05) is 26.4 Å². The highest BCUT2D eigenvalue weighted by molar-refractivity contribution is 5.72. The van der Waals surface area contributed by atoms with Crippen LogP contribution in [0.3, 0.4) is 0 Å². The lowest BCUT2D eigenvalue weighted by Crippen LogP contribution is -2.55. The van der Waals surface area contributed by atoms with Gasteiger partial charge >= 0.3 is 12.1 Å². The van der Waals surface area contributed by atoms with Gasteiger partial charge in [-0.3, -0.25) is 4.79 Å². The maximum Gasteiger partial charge on any atom is 0.412 e. The van der Waals surface area contributed by atoms with E-state index in [1.165, 1.54) is 43.3 Å². The predicted molar refractivity (Wildman–Crippen MR) is 135 cm³/mol. The molecule has 0 aromatic rings. The molecule has 0 unspecified atom stereocenters. The number of nitrogens with one attached hydrogen (secondary N) is 1. The number of hydrogen-bond donors (Lipinski definition) is 1. The van der Waals surface area contributed by atoms with Gasteiger partial charge in [-0.25, -0.2) is 4.79 Å². The molecule has 6 nitrogen and oxygen atoms in total. The van der Waals surface area contributed by atoms with E-state index in [1.54, 1.807) is 18.7 Å². The average molecular weight is 475 g/mol. The number of rotatable bonds is 12. The van der Waals surface area contributed by atoms with E-state index in [9.17, 15) is 9.59 Å². The van der Waals surface area contributed by atoms with E-state index in [0.717, 1.165) is 43.1 Å². The molecule has 4 fully saturated rings. The Morgan fingerprint density at radius 1 is 0.971 bits per heavy atom. The minimum Gasteiger partial charge on any atom is -0.428 e. The van der Waals surface area contributed by atoms with Crippen LogP contribution in [-0.4, -0.2) is 49.4 Å². The molecule has 0 saturated heterocycles. The van der Waals surface area contributed by atoms with Gasteiger partial charge in [0.25, 0.3) is 0 Å². The molecule has 4 aliphatic rings. The summed E-state index contributed by atoms with van der Waals surface area (Å²) in [4.78, 5) is 26.2. The Morgan fingerprint density at radius 2 is 1.62 bits per heavy atom. The number of allylic oxidation sites excluding steroid dienone is 3. The summed E-state index contributed by atoms with van der Waals surface area (Å²) in [6, 6.07) is 0.596. The molecule has 4 rings (SSSR count). The van der Waals surface area contributed by atoms with Crippen LogP contribution in [0.1, 0.15) is 79.6 Å². The van der Waals surface area contributed by atoms with Gasteiger partial charge in [0.05, 0.1) is 5.92 Å². The lowest BCUT2D eigenvalue weighted by Gasteiger charge is -2.54. The first-order valence-corrected chi connectivity index (χ1v) is 13.3. The van der Waals surface area contributed by atoms with E-state index in [-0.39, 0.29) is 18.7 Å². The highest BCUT2D eigenvalue weighted by Crippen LogP contribution is 2.53. The van der Waals surface area contributed by atoms with Crippen molar-refractivity contribution in [1.82, 2.24) is 10.2 Å². The molecule has 0 heterocycles. The molecule has 0 aromatic carbocycles. The summed E-state index contributed by atoms with van der Waals surface area (Å²) in [5, 5.41) is 3.81. The van der Waals surface area contributed by atoms with Gasteiger partial charge in [0.1, 0.15) is 0 Å². The smallest absolute Gasteiger partial charge is 0.412 e. The molecule has 1 N–H and O–H groups in total. The van der Waals surface area contributed by atoms with Crippen molar-refractivity contribution in [3.05, 3.63) is 23.3 Å². The number of carbonyl (C=O) groups is 2. The molecule has 4 saturated carbocycles. The highest BCUT2D eigenvalue weighted by atomic mass is 16.7. The summed E-state index contributed by atoms with van der Waals surface area (Å²) in [6.45, 7) is 11.4. The molecule has 0 aromatic heterocycles. The van der Waals surface area contributed by atoms with Gasteiger partial charge < -0.3 is 19.7 Å². The predicted octanol–water partition coefficient (Wildman–Crippen LogP) is 5.69. The molecule has 4 bridgehead atoms. The van der Waals surface area contributed by atoms with Crippen LogP contribution in [0.25, 0.3) is 0 Å². The van der Waals surface area contributed by atoms with Gasteiger partial charge in [0.2, 0.25) is 6.79 Å². The Bertz CT molecular complexity index is 726. The Hall–Kier alpha value is -1.82. The van der Waals surface area contributed by atoms with Crippen LogP contribution < -0.4 is 5.32 Å². The zero-order chi connectivity index (χ0) is 24.7. The quantitative estimate of drug-likeness (QED) is 0.224. The van der Waals surface area contributed by atoms with Gasteiger partial charge in [-0.05, 0) is 89.4 Å². The Morgan fingerprint density at radius 3 is 2.21 bits per heavy atom. The average Bonchev–Trinajstić information content (AvgIpc) is 2.76. The minimum atomic E-state index is -0.434. The summed E-state index contributed by atoms with van der Waals surface area (Å²) < 4.78 is 10.3. The van der Waals surface area contributed by atoms with Crippen LogP contribution in [0.2, 0.25) is 0 Å². The highest BCUT2D eigenvalue weighted by Gasteiger charge is 2.47. The van der Waals surface area contributed by atoms with Crippen LogP contribution in [0.15, 0.2) is 23.3 Å². The Labute approximate surface area is 206 Å². The molecule has 6 heteroatoms. The van der Waals surface area contributed by atoms with Crippen LogP contribution in [0, 0.1) is 29.6 Å². The van der Waals surface area contributed by atoms with Crippen LogP contribution in [0.4, 0.5) is 4.79 Å². The second-order valence-corrected chi connectivity index (χ2v) is 11.4. The van der Waals surface area contributed by atoms with Crippen molar-refractivity contribution in [2.45, 2.75) is 85.6 Å². The Kier molecular flexibility index (Phi) is 10.0. The van der Waals surface area contributed by atoms with Gasteiger partial charge in [0.15, 0.2) is 0 Å². The summed E-state index contributed by atoms with van der Waals surface area (Å²) >= 11 is 0. The maximum atomic E-state index is 12.8. The van der Waals surface area contributed by atoms with Crippen molar-refractivity contribution in [3.63, 3.8) is 0 Å². The first-order valence-electron chi connectivity index (χ1n) is 13.3. The third-order valence-corrected chi connectivity index (χ3v) is 7.85. The number of nitrogens with zero attached hydrogens (tertiary/aromatic N) is 1. The molecule has 4 aliphatic carbocycles. The SMILES string of the molecule is CC(C)=CCC/C(C)=C/CN(CCNC1C2CC3CC(C2)CC1C3)C(=O)OCOC(=O)C(C)C. The normalized spacial score (nSPS) is 27.6. The summed E-state index contributed by atoms with van der Waals surface area (Å²) in [6.07, 6.45) is 12.9. The van der Waals surface area contributed by atoms with Crippen molar-refractivity contribution in [2.24, 2.45) is 29.6 Å². The van der Waals surface area contributed by atoms with Crippen molar-refractivity contribution >= 4 is 12.1 Å². The summed E-state index contributed by atoms with van der Waals surface area (Å²) in [5.74, 6) is 2.93. The fourth-order valence-corrected chi connectivity index (χ4v) is 6.23. The third kappa shape index (κ3) is 7.86. The number of hydrogen-bond acceptors (Lipinski definition) is 5. The van der Waals surface area contributed by atoms with Gasteiger partial charge in [-0.1, -0.05) is 37.1 Å². The monoisotopic (exact) mass is 474 g/mol. The number of esters is 1. The van der Waals surface area contributed by atoms with Gasteiger partial charge in [-0.2, -0.15) is 0 Å². The molecule has 0 atom stereocenters. The topological polar surface area (TPSA) is 67.9 Å². The molecule has 0 aliphatic heterocycles. The standard InChI is InChI=1S/C28H46N2O4/c1-19(2)7-6-8-21(5)9-11-30(28(32)34-18-33-27(31)20(3)4)12-10-29-26-24-14-22-13-23(16-24)17-25(26)15-22/h7,9,20,22-26,29H,6,8,10-18H2,1-5H3/b21-9+. The number of carbonyl (C=O) groups excluding carboxylic acids is 2. The molecule has 0 radical (unpaired) electrons. The zero-order valence-corrected chi connectivity index (χ0v) is 22.0. The van der Waals surface area contributed by atoms with Crippen LogP contribution in [0.5, 0.6) is 0 Å². The fourth-order valence-electron chi connectivity index (χ4n) is 6.23. The molecule has 34 heavy (non-hydrogen) atoms. The molecule has 192 valence electrons. The van der Waals surface area contributed by atoms with E-state index in [4.69, 9.17) is 9.47 Å². The van der Waals surface area contributed by atoms with E-state index in [0.29, 0.717) is 19.1 Å². The molecular formula is C28H46N2O4. The Balaban J connectivity index is 1.50. The first kappa shape index (κ1) is 26.8. The minimum absolute atomic E-state index is 0.244. The van der Waals surface area contributed by atoms with Crippen molar-refractivity contribution in [3.8, 4) is 0 Å². The molecule has 0 spiro atoms. The van der Waals surface area contributed by atoms with Gasteiger partial charge in [-0.15, -0.1) is 0 Å². The number of ether oxygens (including phenoxy) is 2. The lowest BCUT2D eigenvalue weighted by atomic mass is 9.54. The van der Waals surface area contributed by atoms with E-state index < -0.39 is 6.09 Å². The maximum absolute atomic E-state index is 12.8. The second-order valence-electron chi connectivity index (χ2n) is 11.4. The van der Waals surface area contributed by atoms with E-state index in [2.05, 4.69) is 38.2 Å². The summed E-state index contributed by atoms with van der Waals surface area (Å²) in [5.41, 5.74) is 2.58. The number of amides is 1.